The Kier molecular flexibility index (Phi) is 5.59. The minimum absolute atomic E-state index is 0.00547. The maximum absolute atomic E-state index is 13.3. The molecule has 0 aliphatic heterocycles. The number of nitrogens with two attached hydrogens (primary N) is 1. The molecule has 0 atom stereocenters. The van der Waals surface area contributed by atoms with E-state index < -0.39 is 29.1 Å². The van der Waals surface area contributed by atoms with Crippen molar-refractivity contribution in [1.29, 1.82) is 0 Å². The highest BCUT2D eigenvalue weighted by Gasteiger charge is 2.35. The van der Waals surface area contributed by atoms with Crippen LogP contribution in [0.15, 0.2) is 54.6 Å². The summed E-state index contributed by atoms with van der Waals surface area (Å²) in [6, 6.07) is 12.4. The molecular formula is C23H16ClF3N4O2. The molecule has 4 aromatic rings. The van der Waals surface area contributed by atoms with Gasteiger partial charge in [0.15, 0.2) is 0 Å². The second kappa shape index (κ2) is 8.25. The minimum atomic E-state index is -4.70. The summed E-state index contributed by atoms with van der Waals surface area (Å²) >= 11 is 6.19. The van der Waals surface area contributed by atoms with Gasteiger partial charge in [0.25, 0.3) is 11.8 Å². The van der Waals surface area contributed by atoms with Crippen molar-refractivity contribution in [3.8, 4) is 11.4 Å². The number of nitrogens with zero attached hydrogens (tertiary/aromatic N) is 1. The molecule has 0 saturated heterocycles. The van der Waals surface area contributed by atoms with E-state index in [0.717, 1.165) is 17.7 Å². The van der Waals surface area contributed by atoms with Gasteiger partial charge in [-0.05, 0) is 42.8 Å². The number of primary amides is 1. The Morgan fingerprint density at radius 1 is 1.06 bits per heavy atom. The first kappa shape index (κ1) is 22.3. The molecule has 10 heteroatoms. The average molecular weight is 473 g/mol. The number of hydrogen-bond acceptors (Lipinski definition) is 3. The van der Waals surface area contributed by atoms with Gasteiger partial charge in [-0.1, -0.05) is 35.9 Å². The molecular weight excluding hydrogens is 457 g/mol. The highest BCUT2D eigenvalue weighted by molar-refractivity contribution is 6.31. The first-order valence-electron chi connectivity index (χ1n) is 9.63. The molecule has 0 spiro atoms. The van der Waals surface area contributed by atoms with Gasteiger partial charge in [-0.3, -0.25) is 9.59 Å². The first-order chi connectivity index (χ1) is 15.6. The number of hydrogen-bond donors (Lipinski definition) is 3. The zero-order valence-electron chi connectivity index (χ0n) is 17.0. The number of anilines is 1. The van der Waals surface area contributed by atoms with Crippen LogP contribution in [0.5, 0.6) is 0 Å². The van der Waals surface area contributed by atoms with Crippen molar-refractivity contribution in [2.24, 2.45) is 5.73 Å². The molecule has 0 fully saturated rings. The van der Waals surface area contributed by atoms with Crippen LogP contribution in [0.2, 0.25) is 5.02 Å². The molecule has 0 unspecified atom stereocenters. The number of rotatable bonds is 4. The molecule has 4 rings (SSSR count). The van der Waals surface area contributed by atoms with Crippen LogP contribution in [-0.4, -0.2) is 21.8 Å². The topological polar surface area (TPSA) is 101 Å². The summed E-state index contributed by atoms with van der Waals surface area (Å²) in [7, 11) is 0. The van der Waals surface area contributed by atoms with Crippen molar-refractivity contribution >= 4 is 40.1 Å². The van der Waals surface area contributed by atoms with Crippen LogP contribution in [-0.2, 0) is 6.18 Å². The summed E-state index contributed by atoms with van der Waals surface area (Å²) in [6.07, 6.45) is -4.70. The van der Waals surface area contributed by atoms with Gasteiger partial charge in [-0.15, -0.1) is 0 Å². The summed E-state index contributed by atoms with van der Waals surface area (Å²) in [4.78, 5) is 32.2. The summed E-state index contributed by atoms with van der Waals surface area (Å²) in [6.45, 7) is 1.81. The van der Waals surface area contributed by atoms with Crippen LogP contribution < -0.4 is 11.1 Å². The third kappa shape index (κ3) is 4.27. The number of fused-ring (bicyclic) bond motifs is 1. The Hall–Kier alpha value is -3.85. The van der Waals surface area contributed by atoms with Crippen molar-refractivity contribution in [2.75, 3.05) is 5.32 Å². The Morgan fingerprint density at radius 2 is 1.79 bits per heavy atom. The van der Waals surface area contributed by atoms with E-state index in [9.17, 15) is 22.8 Å². The fourth-order valence-electron chi connectivity index (χ4n) is 3.50. The van der Waals surface area contributed by atoms with Gasteiger partial charge in [-0.25, -0.2) is 4.98 Å². The third-order valence-electron chi connectivity index (χ3n) is 5.11. The summed E-state index contributed by atoms with van der Waals surface area (Å²) < 4.78 is 39.9. The van der Waals surface area contributed by atoms with Gasteiger partial charge in [0.2, 0.25) is 0 Å². The fourth-order valence-corrected chi connectivity index (χ4v) is 3.67. The summed E-state index contributed by atoms with van der Waals surface area (Å²) in [5, 5.41) is 2.94. The monoisotopic (exact) mass is 472 g/mol. The van der Waals surface area contributed by atoms with Gasteiger partial charge in [0.05, 0.1) is 22.2 Å². The molecule has 33 heavy (non-hydrogen) atoms. The summed E-state index contributed by atoms with van der Waals surface area (Å²) in [5.41, 5.74) is 6.02. The lowest BCUT2D eigenvalue weighted by Gasteiger charge is -2.13. The summed E-state index contributed by atoms with van der Waals surface area (Å²) in [5.74, 6) is -1.38. The standard InChI is InChI=1S/C23H16ClF3N4O2/c1-11-13(6-4-8-17(11)24)21-30-18-10-12(9-15(20(28)32)19(18)31-21)29-22(33)14-5-2-3-7-16(14)23(25,26)27/h2-10H,1H3,(H2,28,32)(H,29,33)(H,30,31). The van der Waals surface area contributed by atoms with E-state index in [1.54, 1.807) is 18.2 Å². The predicted molar refractivity (Wildman–Crippen MR) is 119 cm³/mol. The van der Waals surface area contributed by atoms with Gasteiger partial charge in [0, 0.05) is 16.3 Å². The van der Waals surface area contributed by atoms with E-state index in [4.69, 9.17) is 17.3 Å². The van der Waals surface area contributed by atoms with Crippen LogP contribution in [0.3, 0.4) is 0 Å². The zero-order valence-corrected chi connectivity index (χ0v) is 17.8. The number of H-pyrrole nitrogens is 1. The second-order valence-electron chi connectivity index (χ2n) is 7.28. The second-order valence-corrected chi connectivity index (χ2v) is 7.69. The van der Waals surface area contributed by atoms with Crippen molar-refractivity contribution in [3.63, 3.8) is 0 Å². The largest absolute Gasteiger partial charge is 0.417 e. The van der Waals surface area contributed by atoms with Crippen LogP contribution in [0, 0.1) is 6.92 Å². The maximum Gasteiger partial charge on any atom is 0.417 e. The SMILES string of the molecule is Cc1c(Cl)cccc1-c1nc2c(C(N)=O)cc(NC(=O)c3ccccc3C(F)(F)F)cc2[nH]1. The van der Waals surface area contributed by atoms with E-state index in [1.807, 2.05) is 6.92 Å². The van der Waals surface area contributed by atoms with Crippen molar-refractivity contribution in [3.05, 3.63) is 81.9 Å². The average Bonchev–Trinajstić information content (AvgIpc) is 3.18. The van der Waals surface area contributed by atoms with E-state index in [1.165, 1.54) is 24.3 Å². The fraction of sp³-hybridized carbons (Fsp3) is 0.0870. The molecule has 1 aromatic heterocycles. The van der Waals surface area contributed by atoms with Gasteiger partial charge >= 0.3 is 6.18 Å². The van der Waals surface area contributed by atoms with E-state index in [0.29, 0.717) is 21.9 Å². The Labute approximate surface area is 190 Å². The Balaban J connectivity index is 1.78. The molecule has 6 nitrogen and oxygen atoms in total. The lowest BCUT2D eigenvalue weighted by Crippen LogP contribution is -2.19. The highest BCUT2D eigenvalue weighted by Crippen LogP contribution is 2.33. The van der Waals surface area contributed by atoms with Gasteiger partial charge in [0.1, 0.15) is 11.3 Å². The quantitative estimate of drug-likeness (QED) is 0.362. The first-order valence-corrected chi connectivity index (χ1v) is 10.0. The molecule has 2 amide bonds. The number of aromatic nitrogens is 2. The molecule has 0 aliphatic carbocycles. The van der Waals surface area contributed by atoms with Crippen molar-refractivity contribution in [2.45, 2.75) is 13.1 Å². The number of carbonyl (C=O) groups excluding carboxylic acids is 2. The lowest BCUT2D eigenvalue weighted by molar-refractivity contribution is -0.137. The van der Waals surface area contributed by atoms with E-state index >= 15 is 0 Å². The van der Waals surface area contributed by atoms with E-state index in [-0.39, 0.29) is 16.8 Å². The number of alkyl halides is 3. The van der Waals surface area contributed by atoms with Crippen molar-refractivity contribution < 1.29 is 22.8 Å². The number of aromatic amines is 1. The molecule has 168 valence electrons. The van der Waals surface area contributed by atoms with Crippen LogP contribution in [0.1, 0.15) is 31.8 Å². The molecule has 4 N–H and O–H groups in total. The van der Waals surface area contributed by atoms with Gasteiger partial charge < -0.3 is 16.0 Å². The molecule has 0 bridgehead atoms. The molecule has 0 saturated carbocycles. The molecule has 1 heterocycles. The maximum atomic E-state index is 13.3. The molecule has 0 aliphatic rings. The van der Waals surface area contributed by atoms with Crippen LogP contribution >= 0.6 is 11.6 Å². The number of nitrogens with one attached hydrogen (secondary N) is 2. The number of halogens is 4. The Bertz CT molecular complexity index is 1410. The highest BCUT2D eigenvalue weighted by atomic mass is 35.5. The minimum Gasteiger partial charge on any atom is -0.366 e. The zero-order chi connectivity index (χ0) is 23.9. The predicted octanol–water partition coefficient (Wildman–Crippen LogP) is 5.56. The smallest absolute Gasteiger partial charge is 0.366 e. The van der Waals surface area contributed by atoms with Crippen LogP contribution in [0.4, 0.5) is 18.9 Å². The number of benzene rings is 3. The van der Waals surface area contributed by atoms with E-state index in [2.05, 4.69) is 15.3 Å². The lowest BCUT2D eigenvalue weighted by atomic mass is 10.1. The number of amides is 2. The molecule has 0 radical (unpaired) electrons. The number of carbonyl (C=O) groups is 2. The molecule has 3 aromatic carbocycles. The third-order valence-corrected chi connectivity index (χ3v) is 5.52. The number of imidazole rings is 1. The van der Waals surface area contributed by atoms with Crippen LogP contribution in [0.25, 0.3) is 22.4 Å². The normalized spacial score (nSPS) is 11.5. The Morgan fingerprint density at radius 3 is 2.48 bits per heavy atom. The van der Waals surface area contributed by atoms with Gasteiger partial charge in [-0.2, -0.15) is 13.2 Å². The van der Waals surface area contributed by atoms with Crippen molar-refractivity contribution in [1.82, 2.24) is 9.97 Å².